The molecule has 2 atom stereocenters. The SMILES string of the molecule is C=C(C)C[C@](C#N)(CC#CC)c1ccccc1[S@@](=O)c1ccc(C)cc1. The highest BCUT2D eigenvalue weighted by molar-refractivity contribution is 7.85. The highest BCUT2D eigenvalue weighted by Crippen LogP contribution is 2.38. The summed E-state index contributed by atoms with van der Waals surface area (Å²) in [4.78, 5) is 1.39. The van der Waals surface area contributed by atoms with E-state index in [1.807, 2.05) is 62.4 Å². The lowest BCUT2D eigenvalue weighted by Gasteiger charge is -2.27. The van der Waals surface area contributed by atoms with Crippen LogP contribution in [0.3, 0.4) is 0 Å². The van der Waals surface area contributed by atoms with Crippen molar-refractivity contribution in [2.24, 2.45) is 0 Å². The van der Waals surface area contributed by atoms with Gasteiger partial charge in [-0.1, -0.05) is 41.5 Å². The molecule has 2 rings (SSSR count). The van der Waals surface area contributed by atoms with E-state index in [4.69, 9.17) is 0 Å². The molecule has 0 N–H and O–H groups in total. The molecule has 0 radical (unpaired) electrons. The Bertz CT molecular complexity index is 925. The topological polar surface area (TPSA) is 40.9 Å². The van der Waals surface area contributed by atoms with Gasteiger partial charge in [0, 0.05) is 16.2 Å². The summed E-state index contributed by atoms with van der Waals surface area (Å²) < 4.78 is 13.2. The molecule has 0 saturated carbocycles. The van der Waals surface area contributed by atoms with Crippen molar-refractivity contribution in [2.45, 2.75) is 48.8 Å². The lowest BCUT2D eigenvalue weighted by Crippen LogP contribution is -2.26. The van der Waals surface area contributed by atoms with E-state index in [0.717, 1.165) is 21.6 Å². The minimum atomic E-state index is -1.36. The Labute approximate surface area is 159 Å². The van der Waals surface area contributed by atoms with E-state index in [2.05, 4.69) is 24.5 Å². The highest BCUT2D eigenvalue weighted by atomic mass is 32.2. The van der Waals surface area contributed by atoms with Gasteiger partial charge in [0.05, 0.1) is 22.3 Å². The van der Waals surface area contributed by atoms with Crippen LogP contribution in [0.4, 0.5) is 0 Å². The molecule has 2 nitrogen and oxygen atoms in total. The molecule has 0 saturated heterocycles. The molecule has 2 aromatic carbocycles. The standard InChI is InChI=1S/C23H23NOS/c1-5-6-15-23(17-24,16-18(2)3)21-9-7-8-10-22(21)26(25)20-13-11-19(4)12-14-20/h7-14H,2,15-16H2,1,3-4H3/t23-,26-/m0/s1. The maximum Gasteiger partial charge on any atom is 0.0979 e. The van der Waals surface area contributed by atoms with Crippen LogP contribution in [0.25, 0.3) is 0 Å². The van der Waals surface area contributed by atoms with Crippen molar-refractivity contribution >= 4 is 10.8 Å². The van der Waals surface area contributed by atoms with Crippen LogP contribution in [0, 0.1) is 30.1 Å². The predicted molar refractivity (Wildman–Crippen MR) is 107 cm³/mol. The first-order valence-electron chi connectivity index (χ1n) is 8.47. The van der Waals surface area contributed by atoms with Crippen LogP contribution < -0.4 is 0 Å². The van der Waals surface area contributed by atoms with Crippen molar-refractivity contribution in [3.63, 3.8) is 0 Å². The Hall–Kier alpha value is -2.62. The smallest absolute Gasteiger partial charge is 0.0979 e. The number of allylic oxidation sites excluding steroid dienone is 1. The molecule has 0 aromatic heterocycles. The molecule has 26 heavy (non-hydrogen) atoms. The molecule has 132 valence electrons. The second-order valence-corrected chi connectivity index (χ2v) is 7.96. The van der Waals surface area contributed by atoms with Crippen LogP contribution in [-0.4, -0.2) is 4.21 Å². The lowest BCUT2D eigenvalue weighted by atomic mass is 9.74. The maximum absolute atomic E-state index is 13.2. The number of hydrogen-bond acceptors (Lipinski definition) is 2. The van der Waals surface area contributed by atoms with Gasteiger partial charge in [-0.25, -0.2) is 4.21 Å². The summed E-state index contributed by atoms with van der Waals surface area (Å²) in [5, 5.41) is 10.1. The monoisotopic (exact) mass is 361 g/mol. The largest absolute Gasteiger partial charge is 0.249 e. The summed E-state index contributed by atoms with van der Waals surface area (Å²) in [7, 11) is -1.36. The molecule has 0 unspecified atom stereocenters. The van der Waals surface area contributed by atoms with E-state index in [1.165, 1.54) is 0 Å². The minimum Gasteiger partial charge on any atom is -0.249 e. The Morgan fingerprint density at radius 3 is 2.42 bits per heavy atom. The van der Waals surface area contributed by atoms with E-state index in [9.17, 15) is 9.47 Å². The number of rotatable bonds is 6. The number of aryl methyl sites for hydroxylation is 1. The van der Waals surface area contributed by atoms with Crippen LogP contribution in [0.15, 0.2) is 70.5 Å². The number of benzene rings is 2. The van der Waals surface area contributed by atoms with E-state index in [0.29, 0.717) is 17.7 Å². The van der Waals surface area contributed by atoms with Gasteiger partial charge in [-0.05, 0) is 51.0 Å². The summed E-state index contributed by atoms with van der Waals surface area (Å²) >= 11 is 0. The summed E-state index contributed by atoms with van der Waals surface area (Å²) in [6, 6.07) is 17.6. The Morgan fingerprint density at radius 1 is 1.19 bits per heavy atom. The summed E-state index contributed by atoms with van der Waals surface area (Å²) in [6.07, 6.45) is 0.870. The first kappa shape index (κ1) is 19.7. The third kappa shape index (κ3) is 4.31. The fourth-order valence-corrected chi connectivity index (χ4v) is 4.26. The van der Waals surface area contributed by atoms with Crippen molar-refractivity contribution in [2.75, 3.05) is 0 Å². The molecule has 0 aliphatic carbocycles. The van der Waals surface area contributed by atoms with Crippen molar-refractivity contribution in [1.29, 1.82) is 5.26 Å². The van der Waals surface area contributed by atoms with Gasteiger partial charge in [0.15, 0.2) is 0 Å². The Balaban J connectivity index is 2.62. The van der Waals surface area contributed by atoms with Crippen molar-refractivity contribution in [3.8, 4) is 17.9 Å². The molecule has 0 amide bonds. The van der Waals surface area contributed by atoms with Gasteiger partial charge in [0.25, 0.3) is 0 Å². The zero-order valence-corrected chi connectivity index (χ0v) is 16.3. The highest BCUT2D eigenvalue weighted by Gasteiger charge is 2.35. The zero-order valence-electron chi connectivity index (χ0n) is 15.5. The second kappa shape index (κ2) is 8.65. The molecule has 0 fully saturated rings. The third-order valence-corrected chi connectivity index (χ3v) is 5.68. The van der Waals surface area contributed by atoms with Crippen molar-refractivity contribution in [1.82, 2.24) is 0 Å². The molecular formula is C23H23NOS. The molecule has 0 spiro atoms. The number of hydrogen-bond donors (Lipinski definition) is 0. The molecule has 3 heteroatoms. The maximum atomic E-state index is 13.2. The van der Waals surface area contributed by atoms with Crippen LogP contribution in [0.2, 0.25) is 0 Å². The Kier molecular flexibility index (Phi) is 6.56. The van der Waals surface area contributed by atoms with Crippen molar-refractivity contribution < 1.29 is 4.21 Å². The van der Waals surface area contributed by atoms with Crippen LogP contribution in [0.1, 0.15) is 37.8 Å². The molecule has 2 aromatic rings. The minimum absolute atomic E-state index is 0.384. The molecule has 0 bridgehead atoms. The fraction of sp³-hybridized carbons (Fsp3) is 0.261. The van der Waals surface area contributed by atoms with Crippen LogP contribution >= 0.6 is 0 Å². The molecule has 0 aliphatic heterocycles. The number of nitrogens with zero attached hydrogens (tertiary/aromatic N) is 1. The van der Waals surface area contributed by atoms with E-state index in [1.54, 1.807) is 6.92 Å². The van der Waals surface area contributed by atoms with Crippen LogP contribution in [-0.2, 0) is 16.2 Å². The molecule has 0 aliphatic rings. The molecule has 0 heterocycles. The van der Waals surface area contributed by atoms with Gasteiger partial charge in [-0.2, -0.15) is 5.26 Å². The fourth-order valence-electron chi connectivity index (χ4n) is 2.96. The third-order valence-electron chi connectivity index (χ3n) is 4.22. The van der Waals surface area contributed by atoms with Gasteiger partial charge in [0.1, 0.15) is 0 Å². The second-order valence-electron chi connectivity index (χ2n) is 6.51. The zero-order chi connectivity index (χ0) is 19.2. The van der Waals surface area contributed by atoms with E-state index >= 15 is 0 Å². The number of nitriles is 1. The summed E-state index contributed by atoms with van der Waals surface area (Å²) in [6.45, 7) is 9.66. The van der Waals surface area contributed by atoms with Crippen LogP contribution in [0.5, 0.6) is 0 Å². The van der Waals surface area contributed by atoms with E-state index < -0.39 is 16.2 Å². The first-order chi connectivity index (χ1) is 12.4. The molecular weight excluding hydrogens is 338 g/mol. The van der Waals surface area contributed by atoms with Gasteiger partial charge >= 0.3 is 0 Å². The summed E-state index contributed by atoms with van der Waals surface area (Å²) in [5.41, 5.74) is 1.93. The predicted octanol–water partition coefficient (Wildman–Crippen LogP) is 5.30. The average molecular weight is 362 g/mol. The quantitative estimate of drug-likeness (QED) is 0.517. The van der Waals surface area contributed by atoms with Gasteiger partial charge in [-0.3, -0.25) is 0 Å². The van der Waals surface area contributed by atoms with Crippen molar-refractivity contribution in [3.05, 3.63) is 71.8 Å². The first-order valence-corrected chi connectivity index (χ1v) is 9.61. The van der Waals surface area contributed by atoms with Gasteiger partial charge < -0.3 is 0 Å². The van der Waals surface area contributed by atoms with Gasteiger partial charge in [0.2, 0.25) is 0 Å². The summed E-state index contributed by atoms with van der Waals surface area (Å²) in [5.74, 6) is 5.93. The Morgan fingerprint density at radius 2 is 1.85 bits per heavy atom. The van der Waals surface area contributed by atoms with E-state index in [-0.39, 0.29) is 0 Å². The average Bonchev–Trinajstić information content (AvgIpc) is 2.65. The van der Waals surface area contributed by atoms with Gasteiger partial charge in [-0.15, -0.1) is 18.4 Å². The normalized spacial score (nSPS) is 13.6. The lowest BCUT2D eigenvalue weighted by molar-refractivity contribution is 0.547.